The second kappa shape index (κ2) is 9.38. The Kier molecular flexibility index (Phi) is 6.43. The van der Waals surface area contributed by atoms with Crippen molar-refractivity contribution in [3.63, 3.8) is 0 Å². The molecule has 0 unspecified atom stereocenters. The lowest BCUT2D eigenvalue weighted by Gasteiger charge is -2.32. The molecule has 0 aliphatic carbocycles. The molecule has 3 nitrogen and oxygen atoms in total. The van der Waals surface area contributed by atoms with E-state index in [1.54, 1.807) is 0 Å². The van der Waals surface area contributed by atoms with E-state index in [1.807, 2.05) is 11.8 Å². The van der Waals surface area contributed by atoms with Crippen LogP contribution in [-0.2, 0) is 0 Å². The number of fused-ring (bicyclic) bond motifs is 2. The lowest BCUT2D eigenvalue weighted by Crippen LogP contribution is -2.25. The molecular formula is C25H29N3S. The fraction of sp³-hybridized carbons (Fsp3) is 0.280. The van der Waals surface area contributed by atoms with Gasteiger partial charge in [0.2, 0.25) is 0 Å². The van der Waals surface area contributed by atoms with Gasteiger partial charge >= 0.3 is 0 Å². The van der Waals surface area contributed by atoms with Gasteiger partial charge < -0.3 is 15.1 Å². The first-order valence-corrected chi connectivity index (χ1v) is 11.3. The van der Waals surface area contributed by atoms with Crippen molar-refractivity contribution in [1.82, 2.24) is 4.90 Å². The maximum Gasteiger partial charge on any atom is 0.0601 e. The third-order valence-electron chi connectivity index (χ3n) is 5.43. The fourth-order valence-corrected chi connectivity index (χ4v) is 4.84. The Morgan fingerprint density at radius 3 is 1.97 bits per heavy atom. The molecule has 4 heteroatoms. The molecule has 0 spiro atoms. The average molecular weight is 404 g/mol. The molecular weight excluding hydrogens is 374 g/mol. The van der Waals surface area contributed by atoms with Crippen molar-refractivity contribution in [1.29, 1.82) is 0 Å². The van der Waals surface area contributed by atoms with Crippen molar-refractivity contribution in [2.24, 2.45) is 0 Å². The summed E-state index contributed by atoms with van der Waals surface area (Å²) in [5.41, 5.74) is 4.87. The minimum atomic E-state index is 1.00. The van der Waals surface area contributed by atoms with Gasteiger partial charge in [-0.1, -0.05) is 49.9 Å². The van der Waals surface area contributed by atoms with Gasteiger partial charge in [0.25, 0.3) is 0 Å². The third kappa shape index (κ3) is 4.44. The van der Waals surface area contributed by atoms with Crippen molar-refractivity contribution in [2.45, 2.75) is 30.1 Å². The van der Waals surface area contributed by atoms with Crippen molar-refractivity contribution >= 4 is 34.5 Å². The number of nitrogens with zero attached hydrogens (tertiary/aromatic N) is 2. The Morgan fingerprint density at radius 2 is 1.38 bits per heavy atom. The molecule has 150 valence electrons. The van der Waals surface area contributed by atoms with Crippen LogP contribution in [0.15, 0.2) is 82.6 Å². The molecule has 1 aliphatic heterocycles. The molecule has 1 N–H and O–H groups in total. The number of nitrogens with one attached hydrogen (secondary N) is 1. The van der Waals surface area contributed by atoms with Crippen molar-refractivity contribution in [2.75, 3.05) is 36.4 Å². The number of hydrogen-bond acceptors (Lipinski definition) is 4. The predicted octanol–water partition coefficient (Wildman–Crippen LogP) is 6.76. The quantitative estimate of drug-likeness (QED) is 0.327. The number of anilines is 4. The number of hydrogen-bond donors (Lipinski definition) is 1. The molecule has 1 aliphatic rings. The van der Waals surface area contributed by atoms with Gasteiger partial charge in [-0.25, -0.2) is 0 Å². The Hall–Kier alpha value is -2.43. The smallest absolute Gasteiger partial charge is 0.0601 e. The van der Waals surface area contributed by atoms with Crippen LogP contribution in [0.5, 0.6) is 0 Å². The summed E-state index contributed by atoms with van der Waals surface area (Å²) in [5, 5.41) is 3.57. The largest absolute Gasteiger partial charge is 0.385 e. The molecule has 0 saturated heterocycles. The topological polar surface area (TPSA) is 18.5 Å². The van der Waals surface area contributed by atoms with Gasteiger partial charge in [0.1, 0.15) is 0 Å². The van der Waals surface area contributed by atoms with E-state index in [4.69, 9.17) is 0 Å². The molecule has 0 saturated carbocycles. The maximum absolute atomic E-state index is 3.57. The van der Waals surface area contributed by atoms with Gasteiger partial charge in [0.15, 0.2) is 0 Å². The summed E-state index contributed by atoms with van der Waals surface area (Å²) in [4.78, 5) is 7.42. The summed E-state index contributed by atoms with van der Waals surface area (Å²) in [6.45, 7) is 8.86. The van der Waals surface area contributed by atoms with Crippen LogP contribution in [0.25, 0.3) is 0 Å². The second-order valence-corrected chi connectivity index (χ2v) is 8.31. The summed E-state index contributed by atoms with van der Waals surface area (Å²) in [5.74, 6) is 0. The van der Waals surface area contributed by atoms with E-state index in [0.29, 0.717) is 0 Å². The highest BCUT2D eigenvalue weighted by molar-refractivity contribution is 7.99. The first-order chi connectivity index (χ1) is 14.3. The predicted molar refractivity (Wildman–Crippen MR) is 126 cm³/mol. The van der Waals surface area contributed by atoms with Gasteiger partial charge in [0.05, 0.1) is 11.4 Å². The molecule has 29 heavy (non-hydrogen) atoms. The molecule has 4 rings (SSSR count). The summed E-state index contributed by atoms with van der Waals surface area (Å²) >= 11 is 1.85. The van der Waals surface area contributed by atoms with E-state index in [0.717, 1.165) is 32.6 Å². The van der Waals surface area contributed by atoms with Crippen LogP contribution >= 0.6 is 11.8 Å². The highest BCUT2D eigenvalue weighted by Crippen LogP contribution is 2.51. The SMILES string of the molecule is CCN(CC)CCCNc1ccc(N2c3ccccc3Sc3ccccc32)cc1. The van der Waals surface area contributed by atoms with E-state index in [1.165, 1.54) is 32.5 Å². The van der Waals surface area contributed by atoms with Gasteiger partial charge in [0, 0.05) is 27.7 Å². The highest BCUT2D eigenvalue weighted by atomic mass is 32.2. The molecule has 0 bridgehead atoms. The molecule has 0 radical (unpaired) electrons. The van der Waals surface area contributed by atoms with E-state index < -0.39 is 0 Å². The van der Waals surface area contributed by atoms with Crippen LogP contribution < -0.4 is 10.2 Å². The zero-order valence-corrected chi connectivity index (χ0v) is 18.1. The monoisotopic (exact) mass is 403 g/mol. The molecule has 0 atom stereocenters. The lowest BCUT2D eigenvalue weighted by molar-refractivity contribution is 0.303. The molecule has 0 fully saturated rings. The van der Waals surface area contributed by atoms with Gasteiger partial charge in [-0.05, 0) is 74.6 Å². The number of benzene rings is 3. The molecule has 0 aromatic heterocycles. The second-order valence-electron chi connectivity index (χ2n) is 7.23. The summed E-state index contributed by atoms with van der Waals surface area (Å²) in [7, 11) is 0. The van der Waals surface area contributed by atoms with Crippen molar-refractivity contribution < 1.29 is 0 Å². The zero-order chi connectivity index (χ0) is 20.1. The van der Waals surface area contributed by atoms with Crippen LogP contribution in [0.2, 0.25) is 0 Å². The molecule has 3 aromatic rings. The maximum atomic E-state index is 3.57. The van der Waals surface area contributed by atoms with Gasteiger partial charge in [-0.3, -0.25) is 0 Å². The molecule has 3 aromatic carbocycles. The lowest BCUT2D eigenvalue weighted by atomic mass is 10.1. The third-order valence-corrected chi connectivity index (χ3v) is 6.56. The molecule has 1 heterocycles. The minimum Gasteiger partial charge on any atom is -0.385 e. The average Bonchev–Trinajstić information content (AvgIpc) is 2.78. The normalized spacial score (nSPS) is 12.6. The zero-order valence-electron chi connectivity index (χ0n) is 17.3. The first-order valence-electron chi connectivity index (χ1n) is 10.5. The number of rotatable bonds is 8. The Labute approximate surface area is 178 Å². The van der Waals surface area contributed by atoms with Gasteiger partial charge in [-0.2, -0.15) is 0 Å². The minimum absolute atomic E-state index is 1.00. The van der Waals surface area contributed by atoms with Crippen LogP contribution in [0.1, 0.15) is 20.3 Å². The molecule has 0 amide bonds. The van der Waals surface area contributed by atoms with Crippen molar-refractivity contribution in [3.8, 4) is 0 Å². The van der Waals surface area contributed by atoms with Crippen LogP contribution in [0, 0.1) is 0 Å². The van der Waals surface area contributed by atoms with Crippen LogP contribution in [-0.4, -0.2) is 31.1 Å². The van der Waals surface area contributed by atoms with Gasteiger partial charge in [-0.15, -0.1) is 0 Å². The van der Waals surface area contributed by atoms with E-state index in [2.05, 4.69) is 102 Å². The van der Waals surface area contributed by atoms with Crippen LogP contribution in [0.3, 0.4) is 0 Å². The summed E-state index contributed by atoms with van der Waals surface area (Å²) < 4.78 is 0. The van der Waals surface area contributed by atoms with Crippen molar-refractivity contribution in [3.05, 3.63) is 72.8 Å². The van der Waals surface area contributed by atoms with E-state index in [9.17, 15) is 0 Å². The fourth-order valence-electron chi connectivity index (χ4n) is 3.79. The van der Waals surface area contributed by atoms with E-state index >= 15 is 0 Å². The number of para-hydroxylation sites is 2. The van der Waals surface area contributed by atoms with Crippen LogP contribution in [0.4, 0.5) is 22.7 Å². The standard InChI is InChI=1S/C25H29N3S/c1-3-27(4-2)19-9-18-26-20-14-16-21(17-15-20)28-22-10-5-7-12-24(22)29-25-13-8-6-11-23(25)28/h5-8,10-17,26H,3-4,9,18-19H2,1-2H3. The Bertz CT molecular complexity index is 889. The Balaban J connectivity index is 1.50. The highest BCUT2D eigenvalue weighted by Gasteiger charge is 2.23. The Morgan fingerprint density at radius 1 is 0.793 bits per heavy atom. The first kappa shape index (κ1) is 19.9. The summed E-state index contributed by atoms with van der Waals surface area (Å²) in [6, 6.07) is 26.1. The van der Waals surface area contributed by atoms with E-state index in [-0.39, 0.29) is 0 Å². The summed E-state index contributed by atoms with van der Waals surface area (Å²) in [6.07, 6.45) is 1.16.